The third-order valence-electron chi connectivity index (χ3n) is 5.00. The van der Waals surface area contributed by atoms with Gasteiger partial charge in [0.1, 0.15) is 21.5 Å². The summed E-state index contributed by atoms with van der Waals surface area (Å²) in [5.41, 5.74) is 8.34. The molecule has 0 bridgehead atoms. The Morgan fingerprint density at radius 1 is 1.30 bits per heavy atom. The van der Waals surface area contributed by atoms with E-state index in [1.165, 1.54) is 11.3 Å². The van der Waals surface area contributed by atoms with Crippen LogP contribution in [0.3, 0.4) is 0 Å². The van der Waals surface area contributed by atoms with Gasteiger partial charge in [-0.1, -0.05) is 0 Å². The summed E-state index contributed by atoms with van der Waals surface area (Å²) in [5.74, 6) is -0.304. The summed E-state index contributed by atoms with van der Waals surface area (Å²) in [5, 5.41) is 14.3. The fourth-order valence-corrected chi connectivity index (χ4v) is 4.77. The fraction of sp³-hybridized carbons (Fsp3) is 0.182. The van der Waals surface area contributed by atoms with Crippen LogP contribution in [0.4, 0.5) is 0 Å². The van der Waals surface area contributed by atoms with Crippen molar-refractivity contribution in [3.8, 4) is 11.8 Å². The van der Waals surface area contributed by atoms with Crippen molar-refractivity contribution in [2.75, 3.05) is 0 Å². The van der Waals surface area contributed by atoms with Crippen LogP contribution in [0.5, 0.6) is 0 Å². The van der Waals surface area contributed by atoms with Crippen LogP contribution in [0.1, 0.15) is 43.4 Å². The van der Waals surface area contributed by atoms with E-state index in [1.807, 2.05) is 62.9 Å². The first-order chi connectivity index (χ1) is 14.4. The van der Waals surface area contributed by atoms with Crippen LogP contribution in [0.15, 0.2) is 35.7 Å². The van der Waals surface area contributed by atoms with Gasteiger partial charge in [0, 0.05) is 34.7 Å². The number of thiophene rings is 1. The summed E-state index contributed by atoms with van der Waals surface area (Å²) < 4.78 is 1.93. The number of rotatable bonds is 4. The van der Waals surface area contributed by atoms with Crippen molar-refractivity contribution in [1.29, 1.82) is 5.26 Å². The molecule has 0 spiro atoms. The number of H-pyrrole nitrogens is 1. The minimum Gasteiger partial charge on any atom is -0.350 e. The van der Waals surface area contributed by atoms with Crippen LogP contribution < -0.4 is 5.43 Å². The lowest BCUT2D eigenvalue weighted by molar-refractivity contribution is 0.0959. The van der Waals surface area contributed by atoms with Gasteiger partial charge >= 0.3 is 0 Å². The highest BCUT2D eigenvalue weighted by atomic mass is 32.1. The Morgan fingerprint density at radius 3 is 2.70 bits per heavy atom. The smallest absolute Gasteiger partial charge is 0.283 e. The van der Waals surface area contributed by atoms with Gasteiger partial charge in [-0.25, -0.2) is 10.4 Å². The van der Waals surface area contributed by atoms with Gasteiger partial charge in [-0.3, -0.25) is 4.79 Å². The van der Waals surface area contributed by atoms with E-state index in [4.69, 9.17) is 5.26 Å². The molecule has 4 aromatic heterocycles. The van der Waals surface area contributed by atoms with Crippen LogP contribution in [0.2, 0.25) is 0 Å². The number of amides is 1. The molecule has 0 aliphatic heterocycles. The number of aryl methyl sites for hydroxylation is 3. The second kappa shape index (κ2) is 7.61. The first-order valence-corrected chi connectivity index (χ1v) is 10.2. The Hall–Kier alpha value is -3.70. The number of nitrogens with one attached hydrogen (secondary N) is 2. The topological polar surface area (TPSA) is 98.9 Å². The van der Waals surface area contributed by atoms with Crippen LogP contribution >= 0.6 is 11.3 Å². The van der Waals surface area contributed by atoms with Crippen molar-refractivity contribution < 1.29 is 4.79 Å². The van der Waals surface area contributed by atoms with Crippen molar-refractivity contribution in [2.24, 2.45) is 5.10 Å². The summed E-state index contributed by atoms with van der Waals surface area (Å²) in [4.78, 5) is 22.0. The Kier molecular flexibility index (Phi) is 4.98. The lowest BCUT2D eigenvalue weighted by Gasteiger charge is -2.07. The highest BCUT2D eigenvalue weighted by Crippen LogP contribution is 2.35. The van der Waals surface area contributed by atoms with Crippen molar-refractivity contribution in [3.05, 3.63) is 69.2 Å². The van der Waals surface area contributed by atoms with Crippen LogP contribution in [0.25, 0.3) is 15.9 Å². The molecule has 0 aromatic carbocycles. The predicted octanol–water partition coefficient (Wildman–Crippen LogP) is 4.28. The number of pyridine rings is 1. The average Bonchev–Trinajstić information content (AvgIpc) is 3.41. The SMILES string of the molecule is Cc1cc(C)c2c(-n3cccc3)c(C(=O)N/N=C\c3c(C)[nH]c(C#N)c3C)sc2n1. The van der Waals surface area contributed by atoms with Gasteiger partial charge in [0.05, 0.1) is 11.9 Å². The van der Waals surface area contributed by atoms with Crippen molar-refractivity contribution in [3.63, 3.8) is 0 Å². The predicted molar refractivity (Wildman–Crippen MR) is 118 cm³/mol. The maximum absolute atomic E-state index is 13.0. The van der Waals surface area contributed by atoms with E-state index in [2.05, 4.69) is 26.6 Å². The molecule has 4 aromatic rings. The Labute approximate surface area is 177 Å². The normalized spacial score (nSPS) is 11.3. The van der Waals surface area contributed by atoms with Gasteiger partial charge in [0.2, 0.25) is 0 Å². The molecular formula is C22H20N6OS. The minimum atomic E-state index is -0.304. The number of nitrogens with zero attached hydrogens (tertiary/aromatic N) is 4. The zero-order chi connectivity index (χ0) is 21.4. The third-order valence-corrected chi connectivity index (χ3v) is 6.07. The van der Waals surface area contributed by atoms with Gasteiger partial charge in [0.15, 0.2) is 0 Å². The number of hydrazone groups is 1. The third kappa shape index (κ3) is 3.29. The van der Waals surface area contributed by atoms with Crippen molar-refractivity contribution in [1.82, 2.24) is 20.0 Å². The number of carbonyl (C=O) groups excluding carboxylic acids is 1. The molecule has 0 atom stereocenters. The number of fused-ring (bicyclic) bond motifs is 1. The largest absolute Gasteiger partial charge is 0.350 e. The maximum Gasteiger partial charge on any atom is 0.283 e. The number of nitriles is 1. The second-order valence-electron chi connectivity index (χ2n) is 7.11. The molecule has 2 N–H and O–H groups in total. The summed E-state index contributed by atoms with van der Waals surface area (Å²) in [7, 11) is 0. The van der Waals surface area contributed by atoms with E-state index in [9.17, 15) is 4.79 Å². The number of aromatic nitrogens is 3. The molecule has 0 unspecified atom stereocenters. The number of aromatic amines is 1. The molecule has 0 fully saturated rings. The van der Waals surface area contributed by atoms with E-state index in [0.29, 0.717) is 10.6 Å². The Balaban J connectivity index is 1.72. The van der Waals surface area contributed by atoms with Gasteiger partial charge < -0.3 is 9.55 Å². The van der Waals surface area contributed by atoms with E-state index < -0.39 is 0 Å². The van der Waals surface area contributed by atoms with Crippen LogP contribution in [-0.2, 0) is 0 Å². The molecule has 4 heterocycles. The number of hydrogen-bond acceptors (Lipinski definition) is 5. The lowest BCUT2D eigenvalue weighted by Crippen LogP contribution is -2.18. The van der Waals surface area contributed by atoms with Crippen LogP contribution in [0, 0.1) is 39.0 Å². The minimum absolute atomic E-state index is 0.304. The Morgan fingerprint density at radius 2 is 2.03 bits per heavy atom. The monoisotopic (exact) mass is 416 g/mol. The fourth-order valence-electron chi connectivity index (χ4n) is 3.58. The standard InChI is InChI=1S/C22H20N6OS/c1-12-9-13(2)25-22-18(12)19(28-7-5-6-8-28)20(30-22)21(29)27-24-11-16-14(3)17(10-23)26-15(16)4/h5-9,11,26H,1-4H3,(H,27,29)/b24-11-. The highest BCUT2D eigenvalue weighted by molar-refractivity contribution is 7.21. The first kappa shape index (κ1) is 19.6. The van der Waals surface area contributed by atoms with E-state index in [1.54, 1.807) is 6.21 Å². The van der Waals surface area contributed by atoms with Gasteiger partial charge in [-0.2, -0.15) is 10.4 Å². The van der Waals surface area contributed by atoms with Crippen molar-refractivity contribution >= 4 is 33.7 Å². The molecule has 30 heavy (non-hydrogen) atoms. The molecule has 4 rings (SSSR count). The molecule has 0 aliphatic rings. The maximum atomic E-state index is 13.0. The van der Waals surface area contributed by atoms with E-state index in [0.717, 1.165) is 44.0 Å². The summed E-state index contributed by atoms with van der Waals surface area (Å²) in [6.07, 6.45) is 5.39. The summed E-state index contributed by atoms with van der Waals surface area (Å²) in [6.45, 7) is 7.69. The van der Waals surface area contributed by atoms with E-state index in [-0.39, 0.29) is 5.91 Å². The Bertz CT molecular complexity index is 1330. The molecule has 0 saturated heterocycles. The van der Waals surface area contributed by atoms with Gasteiger partial charge in [-0.15, -0.1) is 11.3 Å². The molecule has 0 aliphatic carbocycles. The van der Waals surface area contributed by atoms with Gasteiger partial charge in [0.25, 0.3) is 5.91 Å². The quantitative estimate of drug-likeness (QED) is 0.384. The highest BCUT2D eigenvalue weighted by Gasteiger charge is 2.22. The zero-order valence-corrected chi connectivity index (χ0v) is 17.9. The molecule has 150 valence electrons. The summed E-state index contributed by atoms with van der Waals surface area (Å²) >= 11 is 1.35. The molecule has 0 saturated carbocycles. The van der Waals surface area contributed by atoms with Gasteiger partial charge in [-0.05, 0) is 57.0 Å². The molecule has 7 nitrogen and oxygen atoms in total. The number of hydrogen-bond donors (Lipinski definition) is 2. The lowest BCUT2D eigenvalue weighted by atomic mass is 10.1. The number of carbonyl (C=O) groups is 1. The average molecular weight is 417 g/mol. The first-order valence-electron chi connectivity index (χ1n) is 9.37. The second-order valence-corrected chi connectivity index (χ2v) is 8.10. The van der Waals surface area contributed by atoms with Crippen LogP contribution in [-0.4, -0.2) is 26.7 Å². The molecule has 8 heteroatoms. The van der Waals surface area contributed by atoms with Crippen molar-refractivity contribution in [2.45, 2.75) is 27.7 Å². The molecular weight excluding hydrogens is 396 g/mol. The molecule has 0 radical (unpaired) electrons. The zero-order valence-electron chi connectivity index (χ0n) is 17.1. The molecule has 1 amide bonds. The van der Waals surface area contributed by atoms with E-state index >= 15 is 0 Å². The summed E-state index contributed by atoms with van der Waals surface area (Å²) in [6, 6.07) is 7.98.